The molecule has 0 atom stereocenters. The molecule has 0 bridgehead atoms. The van der Waals surface area contributed by atoms with Gasteiger partial charge in [0, 0.05) is 92.6 Å². The summed E-state index contributed by atoms with van der Waals surface area (Å²) in [6.07, 6.45) is 1.95. The van der Waals surface area contributed by atoms with E-state index in [-0.39, 0.29) is 62.0 Å². The second kappa shape index (κ2) is 26.3. The first-order chi connectivity index (χ1) is 44.9. The van der Waals surface area contributed by atoms with Crippen molar-refractivity contribution in [2.24, 2.45) is 0 Å². The monoisotopic (exact) mass is 1450 g/mol. The zero-order chi connectivity index (χ0) is 66.5. The molecule has 0 saturated carbocycles. The van der Waals surface area contributed by atoms with Crippen LogP contribution in [0.25, 0.3) is 81.2 Å². The quantitative estimate of drug-likeness (QED) is 0.0903. The topological polar surface area (TPSA) is 33.5 Å². The fourth-order valence-corrected chi connectivity index (χ4v) is 15.8. The van der Waals surface area contributed by atoms with Gasteiger partial charge in [0.1, 0.15) is 5.82 Å². The van der Waals surface area contributed by atoms with Crippen molar-refractivity contribution < 1.29 is 25.8 Å². The van der Waals surface area contributed by atoms with Crippen LogP contribution in [0.15, 0.2) is 164 Å². The number of nitrogens with zero attached hydrogens (tertiary/aromatic N) is 4. The van der Waals surface area contributed by atoms with Gasteiger partial charge in [0.25, 0.3) is 0 Å². The largest absolute Gasteiger partial charge is 0.509 e. The third kappa shape index (κ3) is 12.2. The van der Waals surface area contributed by atoms with E-state index in [1.165, 1.54) is 109 Å². The predicted molar refractivity (Wildman–Crippen MR) is 405 cm³/mol. The molecule has 3 aromatic heterocycles. The molecule has 0 saturated heterocycles. The molecule has 5 nitrogen and oxygen atoms in total. The van der Waals surface area contributed by atoms with Crippen molar-refractivity contribution in [2.45, 2.75) is 184 Å². The summed E-state index contributed by atoms with van der Waals surface area (Å²) < 4.78 is 12.2. The van der Waals surface area contributed by atoms with E-state index in [0.29, 0.717) is 23.3 Å². The Bertz CT molecular complexity index is 4710. The van der Waals surface area contributed by atoms with E-state index in [2.05, 4.69) is 322 Å². The number of benzene rings is 9. The molecule has 1 aliphatic rings. The summed E-state index contributed by atoms with van der Waals surface area (Å²) in [6, 6.07) is 67.6. The van der Waals surface area contributed by atoms with Crippen LogP contribution >= 0.6 is 11.3 Å². The Morgan fingerprint density at radius 3 is 1.54 bits per heavy atom. The number of fused-ring (bicyclic) bond motifs is 8. The summed E-state index contributed by atoms with van der Waals surface area (Å²) in [7, 11) is 0. The summed E-state index contributed by atoms with van der Waals surface area (Å²) in [5, 5.41) is 4.82. The average molecular weight is 1450 g/mol. The molecule has 0 spiro atoms. The molecule has 0 N–H and O–H groups in total. The number of thiophene rings is 1. The van der Waals surface area contributed by atoms with E-state index in [9.17, 15) is 0 Å². The molecule has 0 amide bonds. The molecule has 7 heteroatoms. The third-order valence-electron chi connectivity index (χ3n) is 19.7. The normalized spacial score (nSPS) is 13.0. The van der Waals surface area contributed by atoms with E-state index < -0.39 is 0 Å². The van der Waals surface area contributed by atoms with Crippen molar-refractivity contribution in [3.63, 3.8) is 0 Å². The number of aromatic nitrogens is 2. The maximum atomic E-state index is 7.40. The minimum absolute atomic E-state index is 0. The van der Waals surface area contributed by atoms with E-state index in [1.54, 1.807) is 0 Å². The molecule has 13 rings (SSSR count). The summed E-state index contributed by atoms with van der Waals surface area (Å²) in [5.74, 6) is 4.41. The molecule has 1 aliphatic heterocycles. The molecule has 0 fully saturated rings. The van der Waals surface area contributed by atoms with Crippen LogP contribution in [0, 0.1) is 18.8 Å². The van der Waals surface area contributed by atoms with Gasteiger partial charge in [0.15, 0.2) is 0 Å². The van der Waals surface area contributed by atoms with Gasteiger partial charge in [-0.1, -0.05) is 234 Å². The maximum Gasteiger partial charge on any atom is 0.135 e. The van der Waals surface area contributed by atoms with Crippen molar-refractivity contribution in [3.05, 3.63) is 233 Å². The summed E-state index contributed by atoms with van der Waals surface area (Å²) in [4.78, 5) is 10.0. The Labute approximate surface area is 584 Å². The number of hydrogen-bond acceptors (Lipinski definition) is 5. The molecule has 490 valence electrons. The van der Waals surface area contributed by atoms with Crippen LogP contribution in [0.4, 0.5) is 22.7 Å². The molecule has 0 aliphatic carbocycles. The van der Waals surface area contributed by atoms with Crippen LogP contribution in [-0.4, -0.2) is 9.55 Å². The van der Waals surface area contributed by atoms with Crippen LogP contribution in [-0.2, 0) is 26.5 Å². The van der Waals surface area contributed by atoms with Gasteiger partial charge in [-0.3, -0.25) is 0 Å². The van der Waals surface area contributed by atoms with Gasteiger partial charge in [-0.15, -0.1) is 65.0 Å². The number of para-hydroxylation sites is 3. The molecule has 0 radical (unpaired) electrons. The van der Waals surface area contributed by atoms with Gasteiger partial charge in [0.2, 0.25) is 0 Å². The molecule has 12 aromatic rings. The van der Waals surface area contributed by atoms with Gasteiger partial charge >= 0.3 is 0 Å². The first-order valence-corrected chi connectivity index (χ1v) is 35.4. The Balaban J connectivity index is 0.00000864. The molecule has 9 aromatic carbocycles. The second-order valence-corrected chi connectivity index (χ2v) is 31.0. The summed E-state index contributed by atoms with van der Waals surface area (Å²) in [5.41, 5.74) is 25.7. The zero-order valence-corrected chi connectivity index (χ0v) is 62.3. The zero-order valence-electron chi connectivity index (χ0n) is 59.2. The Morgan fingerprint density at radius 1 is 0.463 bits per heavy atom. The fourth-order valence-electron chi connectivity index (χ4n) is 14.6. The Morgan fingerprint density at radius 2 is 0.989 bits per heavy atom. The van der Waals surface area contributed by atoms with Crippen molar-refractivity contribution in [3.8, 4) is 50.7 Å². The summed E-state index contributed by atoms with van der Waals surface area (Å²) >= 11 is 1.85. The molecule has 95 heavy (non-hydrogen) atoms. The SMILES string of the molecule is CC(C)c1cc(C(C)C)c(-c2cccc(-c3c(C(C)C)cc(C(C)C)cc3C(C)C)c2N2[CH-]N(c3[c-]c(Oc4[c-]c5c(cc4)c4c6sc7ccccc7c6ccc4n5-c4cc(C(C)(C)C)ccn4)cc(-c4c(C(C)C)cccc4C(C)C)c3)c3ccccc32)c(C(C)C)c1.[Pt]. The number of rotatable bonds is 16. The minimum atomic E-state index is -0.0895. The predicted octanol–water partition coefficient (Wildman–Crippen LogP) is 26.6. The minimum Gasteiger partial charge on any atom is -0.509 e. The first-order valence-electron chi connectivity index (χ1n) is 34.6. The third-order valence-corrected chi connectivity index (χ3v) is 20.9. The van der Waals surface area contributed by atoms with Gasteiger partial charge in [0.05, 0.1) is 0 Å². The van der Waals surface area contributed by atoms with Gasteiger partial charge in [-0.25, -0.2) is 4.98 Å². The standard InChI is InChI=1S/C88H93N4OS.Pt/c1-50(2)58-42-72(54(9)10)83(73(43-58)55(11)12)70-29-25-30-71(84-74(56(13)14)44-59(51(3)4)45-75(84)57(15)16)86(70)91-49-90(76-31-21-22-32-77(76)91)62-40-60(82-65(52(5)6)27-24-28-66(82)53(7)8)41-64(47-62)93-63-34-35-69-79(48-63)92(81-46-61(38-39-89-81)88(17,18)19)78-37-36-68-67-26-20-23-33-80(67)94-87(68)85(69)78;/h20-46,49-57H,1-19H3;/q-3;. The number of pyridine rings is 1. The van der Waals surface area contributed by atoms with E-state index in [4.69, 9.17) is 9.72 Å². The number of anilines is 4. The van der Waals surface area contributed by atoms with E-state index in [1.807, 2.05) is 17.5 Å². The Kier molecular flexibility index (Phi) is 18.6. The average Bonchev–Trinajstić information content (AvgIpc) is 1.65. The van der Waals surface area contributed by atoms with Crippen LogP contribution in [0.2, 0.25) is 0 Å². The molecule has 0 unspecified atom stereocenters. The van der Waals surface area contributed by atoms with Crippen LogP contribution in [0.5, 0.6) is 11.5 Å². The molecule has 4 heterocycles. The van der Waals surface area contributed by atoms with Crippen molar-refractivity contribution >= 4 is 76.1 Å². The molecular weight excluding hydrogens is 1360 g/mol. The smallest absolute Gasteiger partial charge is 0.135 e. The summed E-state index contributed by atoms with van der Waals surface area (Å²) in [6.45, 7) is 46.7. The van der Waals surface area contributed by atoms with Gasteiger partial charge in [-0.2, -0.15) is 6.07 Å². The fraction of sp³-hybridized carbons (Fsp3) is 0.318. The molecular formula is C88H93N4OPtS-3. The van der Waals surface area contributed by atoms with Crippen LogP contribution < -0.4 is 14.5 Å². The second-order valence-electron chi connectivity index (χ2n) is 30.0. The maximum absolute atomic E-state index is 7.40. The number of hydrogen-bond donors (Lipinski definition) is 0. The van der Waals surface area contributed by atoms with Crippen LogP contribution in [0.3, 0.4) is 0 Å². The van der Waals surface area contributed by atoms with Gasteiger partial charge in [-0.05, 0) is 161 Å². The van der Waals surface area contributed by atoms with Crippen LogP contribution in [0.1, 0.15) is 229 Å². The first kappa shape index (κ1) is 67.2. The van der Waals surface area contributed by atoms with E-state index >= 15 is 0 Å². The van der Waals surface area contributed by atoms with Crippen molar-refractivity contribution in [1.29, 1.82) is 0 Å². The van der Waals surface area contributed by atoms with E-state index in [0.717, 1.165) is 44.9 Å². The van der Waals surface area contributed by atoms with Crippen molar-refractivity contribution in [1.82, 2.24) is 9.55 Å². The van der Waals surface area contributed by atoms with Crippen molar-refractivity contribution in [2.75, 3.05) is 9.80 Å². The van der Waals surface area contributed by atoms with Gasteiger partial charge < -0.3 is 19.1 Å². The number of ether oxygens (including phenoxy) is 1. The Hall–Kier alpha value is -7.76.